The summed E-state index contributed by atoms with van der Waals surface area (Å²) in [5.74, 6) is -1.59. The third kappa shape index (κ3) is 2.77. The van der Waals surface area contributed by atoms with Gasteiger partial charge in [-0.3, -0.25) is 9.48 Å². The molecule has 1 aromatic carbocycles. The smallest absolute Gasteiger partial charge is 0.372 e. The van der Waals surface area contributed by atoms with E-state index < -0.39 is 5.97 Å². The Morgan fingerprint density at radius 2 is 2.12 bits per heavy atom. The summed E-state index contributed by atoms with van der Waals surface area (Å²) in [6.07, 6.45) is 6.65. The van der Waals surface area contributed by atoms with E-state index in [-0.39, 0.29) is 18.2 Å². The molecule has 2 aromatic heterocycles. The number of benzene rings is 1. The van der Waals surface area contributed by atoms with Gasteiger partial charge in [0.1, 0.15) is 5.58 Å². The first kappa shape index (κ1) is 15.4. The second kappa shape index (κ2) is 6.08. The molecule has 2 N–H and O–H groups in total. The van der Waals surface area contributed by atoms with Crippen LogP contribution < -0.4 is 5.32 Å². The molecule has 1 amide bonds. The molecule has 1 aliphatic carbocycles. The number of nitrogens with zero attached hydrogens (tertiary/aromatic N) is 2. The largest absolute Gasteiger partial charge is 0.475 e. The van der Waals surface area contributed by atoms with Crippen LogP contribution in [0.1, 0.15) is 51.8 Å². The molecule has 1 fully saturated rings. The molecule has 1 saturated carbocycles. The summed E-state index contributed by atoms with van der Waals surface area (Å²) in [5.41, 5.74) is 1.42. The lowest BCUT2D eigenvalue weighted by atomic mass is 9.93. The van der Waals surface area contributed by atoms with Crippen LogP contribution in [0.2, 0.25) is 0 Å². The minimum atomic E-state index is -1.15. The Bertz CT molecular complexity index is 952. The Kier molecular flexibility index (Phi) is 3.76. The van der Waals surface area contributed by atoms with Crippen molar-refractivity contribution >= 4 is 22.8 Å². The van der Waals surface area contributed by atoms with Crippen LogP contribution in [0, 0.1) is 0 Å². The van der Waals surface area contributed by atoms with Crippen molar-refractivity contribution in [1.82, 2.24) is 15.1 Å². The van der Waals surface area contributed by atoms with Crippen molar-refractivity contribution in [3.63, 3.8) is 0 Å². The number of rotatable bonds is 5. The maximum atomic E-state index is 12.4. The van der Waals surface area contributed by atoms with Gasteiger partial charge < -0.3 is 14.8 Å². The highest BCUT2D eigenvalue weighted by atomic mass is 16.4. The molecule has 0 spiro atoms. The standard InChI is InChI=1S/C18H17N3O4/c22-17(11-8-20-21(10-11)12-4-3-5-12)19-9-14-13-6-1-2-7-15(13)25-16(14)18(23)24/h1-2,6-8,10,12H,3-5,9H2,(H,19,22)(H,23,24). The van der Waals surface area contributed by atoms with E-state index >= 15 is 0 Å². The van der Waals surface area contributed by atoms with E-state index in [1.807, 2.05) is 4.68 Å². The summed E-state index contributed by atoms with van der Waals surface area (Å²) in [6.45, 7) is 0.0755. The summed E-state index contributed by atoms with van der Waals surface area (Å²) in [5, 5.41) is 17.0. The van der Waals surface area contributed by atoms with Gasteiger partial charge in [0, 0.05) is 23.7 Å². The Labute approximate surface area is 143 Å². The molecule has 3 aromatic rings. The van der Waals surface area contributed by atoms with Gasteiger partial charge in [0.15, 0.2) is 0 Å². The summed E-state index contributed by atoms with van der Waals surface area (Å²) in [6, 6.07) is 7.45. The molecular formula is C18H17N3O4. The van der Waals surface area contributed by atoms with E-state index in [0.29, 0.717) is 28.1 Å². The number of para-hydroxylation sites is 1. The average molecular weight is 339 g/mol. The number of carbonyl (C=O) groups is 2. The molecule has 0 atom stereocenters. The van der Waals surface area contributed by atoms with Gasteiger partial charge in [-0.1, -0.05) is 18.2 Å². The van der Waals surface area contributed by atoms with Crippen molar-refractivity contribution in [3.8, 4) is 0 Å². The van der Waals surface area contributed by atoms with E-state index in [0.717, 1.165) is 12.8 Å². The van der Waals surface area contributed by atoms with Crippen LogP contribution in [0.3, 0.4) is 0 Å². The fraction of sp³-hybridized carbons (Fsp3) is 0.278. The van der Waals surface area contributed by atoms with Crippen LogP contribution in [-0.2, 0) is 6.54 Å². The van der Waals surface area contributed by atoms with Crippen LogP contribution in [-0.4, -0.2) is 26.8 Å². The number of hydrogen-bond donors (Lipinski definition) is 2. The first-order valence-corrected chi connectivity index (χ1v) is 8.19. The van der Waals surface area contributed by atoms with Crippen LogP contribution in [0.5, 0.6) is 0 Å². The SMILES string of the molecule is O=C(NCc1c(C(=O)O)oc2ccccc12)c1cnn(C2CCC2)c1. The number of aromatic carboxylic acids is 1. The highest BCUT2D eigenvalue weighted by Gasteiger charge is 2.22. The molecule has 7 nitrogen and oxygen atoms in total. The summed E-state index contributed by atoms with van der Waals surface area (Å²) in [4.78, 5) is 23.8. The third-order valence-electron chi connectivity index (χ3n) is 4.63. The van der Waals surface area contributed by atoms with Gasteiger partial charge in [-0.2, -0.15) is 5.10 Å². The van der Waals surface area contributed by atoms with Crippen molar-refractivity contribution in [2.45, 2.75) is 31.8 Å². The van der Waals surface area contributed by atoms with E-state index in [4.69, 9.17) is 4.42 Å². The maximum Gasteiger partial charge on any atom is 0.372 e. The number of furan rings is 1. The molecule has 1 aliphatic rings. The minimum absolute atomic E-state index is 0.0755. The summed E-state index contributed by atoms with van der Waals surface area (Å²) in [7, 11) is 0. The van der Waals surface area contributed by atoms with Gasteiger partial charge in [-0.15, -0.1) is 0 Å². The Hall–Kier alpha value is -3.09. The molecule has 2 heterocycles. The fourth-order valence-corrected chi connectivity index (χ4v) is 3.02. The van der Waals surface area contributed by atoms with Gasteiger partial charge in [0.2, 0.25) is 5.76 Å². The maximum absolute atomic E-state index is 12.4. The molecule has 128 valence electrons. The monoisotopic (exact) mass is 339 g/mol. The first-order valence-electron chi connectivity index (χ1n) is 8.19. The van der Waals surface area contributed by atoms with Gasteiger partial charge in [-0.05, 0) is 25.3 Å². The predicted molar refractivity (Wildman–Crippen MR) is 89.5 cm³/mol. The molecule has 25 heavy (non-hydrogen) atoms. The normalized spacial score (nSPS) is 14.4. The lowest BCUT2D eigenvalue weighted by molar-refractivity contribution is 0.0662. The topological polar surface area (TPSA) is 97.4 Å². The van der Waals surface area contributed by atoms with Crippen molar-refractivity contribution in [2.75, 3.05) is 0 Å². The van der Waals surface area contributed by atoms with E-state index in [1.54, 1.807) is 36.7 Å². The molecule has 0 bridgehead atoms. The van der Waals surface area contributed by atoms with Crippen molar-refractivity contribution in [1.29, 1.82) is 0 Å². The van der Waals surface area contributed by atoms with Gasteiger partial charge >= 0.3 is 5.97 Å². The molecular weight excluding hydrogens is 322 g/mol. The second-order valence-corrected chi connectivity index (χ2v) is 6.19. The average Bonchev–Trinajstić information content (AvgIpc) is 3.16. The van der Waals surface area contributed by atoms with Gasteiger partial charge in [-0.25, -0.2) is 4.79 Å². The van der Waals surface area contributed by atoms with Crippen molar-refractivity contribution in [3.05, 3.63) is 53.5 Å². The van der Waals surface area contributed by atoms with Crippen LogP contribution >= 0.6 is 0 Å². The lowest BCUT2D eigenvalue weighted by Crippen LogP contribution is -2.23. The van der Waals surface area contributed by atoms with Gasteiger partial charge in [0.05, 0.1) is 17.8 Å². The Morgan fingerprint density at radius 1 is 1.32 bits per heavy atom. The number of aromatic nitrogens is 2. The molecule has 7 heteroatoms. The Morgan fingerprint density at radius 3 is 2.84 bits per heavy atom. The summed E-state index contributed by atoms with van der Waals surface area (Å²) < 4.78 is 7.22. The van der Waals surface area contributed by atoms with E-state index in [1.165, 1.54) is 6.42 Å². The van der Waals surface area contributed by atoms with Crippen molar-refractivity contribution < 1.29 is 19.1 Å². The lowest BCUT2D eigenvalue weighted by Gasteiger charge is -2.25. The highest BCUT2D eigenvalue weighted by Crippen LogP contribution is 2.30. The zero-order valence-electron chi connectivity index (χ0n) is 13.4. The highest BCUT2D eigenvalue weighted by molar-refractivity contribution is 5.97. The number of carboxylic acids is 1. The second-order valence-electron chi connectivity index (χ2n) is 6.19. The number of hydrogen-bond acceptors (Lipinski definition) is 4. The zero-order chi connectivity index (χ0) is 17.4. The molecule has 0 unspecified atom stereocenters. The zero-order valence-corrected chi connectivity index (χ0v) is 13.4. The molecule has 0 saturated heterocycles. The Balaban J connectivity index is 1.53. The third-order valence-corrected chi connectivity index (χ3v) is 4.63. The predicted octanol–water partition coefficient (Wildman–Crippen LogP) is 2.98. The van der Waals surface area contributed by atoms with Crippen LogP contribution in [0.25, 0.3) is 11.0 Å². The number of carbonyl (C=O) groups excluding carboxylic acids is 1. The number of fused-ring (bicyclic) bond motifs is 1. The number of amides is 1. The first-order chi connectivity index (χ1) is 12.1. The van der Waals surface area contributed by atoms with E-state index in [9.17, 15) is 14.7 Å². The summed E-state index contributed by atoms with van der Waals surface area (Å²) >= 11 is 0. The number of carboxylic acid groups (broad SMARTS) is 1. The molecule has 0 aliphatic heterocycles. The fourth-order valence-electron chi connectivity index (χ4n) is 3.02. The van der Waals surface area contributed by atoms with Crippen molar-refractivity contribution in [2.24, 2.45) is 0 Å². The quantitative estimate of drug-likeness (QED) is 0.745. The van der Waals surface area contributed by atoms with Crippen LogP contribution in [0.15, 0.2) is 41.1 Å². The van der Waals surface area contributed by atoms with E-state index in [2.05, 4.69) is 10.4 Å². The molecule has 4 rings (SSSR count). The van der Waals surface area contributed by atoms with Gasteiger partial charge in [0.25, 0.3) is 5.91 Å². The molecule has 0 radical (unpaired) electrons. The van der Waals surface area contributed by atoms with Crippen LogP contribution in [0.4, 0.5) is 0 Å². The number of nitrogens with one attached hydrogen (secondary N) is 1. The minimum Gasteiger partial charge on any atom is -0.475 e.